The molecule has 3 rings (SSSR count). The molecular formula is C23H37NO3. The number of ether oxygens (including phenoxy) is 1. The molecule has 0 N–H and O–H groups in total. The monoisotopic (exact) mass is 375 g/mol. The zero-order chi connectivity index (χ0) is 20.8. The van der Waals surface area contributed by atoms with Crippen molar-refractivity contribution in [2.24, 2.45) is 0 Å². The van der Waals surface area contributed by atoms with Crippen LogP contribution in [0.3, 0.4) is 0 Å². The topological polar surface area (TPSA) is 46.6 Å². The zero-order valence-corrected chi connectivity index (χ0v) is 18.4. The number of carbonyl (C=O) groups is 2. The second kappa shape index (κ2) is 9.38. The third kappa shape index (κ3) is 5.33. The van der Waals surface area contributed by atoms with Crippen molar-refractivity contribution < 1.29 is 14.3 Å². The van der Waals surface area contributed by atoms with Gasteiger partial charge in [0.05, 0.1) is 0 Å². The highest BCUT2D eigenvalue weighted by Gasteiger charge is 2.46. The summed E-state index contributed by atoms with van der Waals surface area (Å²) in [5.74, 6) is 0.245. The van der Waals surface area contributed by atoms with Crippen molar-refractivity contribution in [2.75, 3.05) is 13.1 Å². The highest BCUT2D eigenvalue weighted by molar-refractivity contribution is 6.02. The van der Waals surface area contributed by atoms with E-state index in [2.05, 4.69) is 12.1 Å². The Morgan fingerprint density at radius 3 is 2.15 bits per heavy atom. The van der Waals surface area contributed by atoms with Crippen molar-refractivity contribution in [3.8, 4) is 0 Å². The van der Waals surface area contributed by atoms with Gasteiger partial charge in [-0.3, -0.25) is 4.79 Å². The van der Waals surface area contributed by atoms with E-state index in [4.69, 9.17) is 4.74 Å². The number of likely N-dealkylation sites (tertiary alicyclic amines) is 1. The minimum atomic E-state index is -0.473. The predicted octanol–water partition coefficient (Wildman–Crippen LogP) is 5.90. The van der Waals surface area contributed by atoms with Gasteiger partial charge in [0, 0.05) is 30.5 Å². The fourth-order valence-corrected chi connectivity index (χ4v) is 3.74. The number of ketones is 1. The van der Waals surface area contributed by atoms with Gasteiger partial charge >= 0.3 is 6.09 Å². The molecule has 0 aromatic heterocycles. The van der Waals surface area contributed by atoms with Gasteiger partial charge in [0.1, 0.15) is 5.60 Å². The maximum Gasteiger partial charge on any atom is 0.410 e. The van der Waals surface area contributed by atoms with Gasteiger partial charge in [-0.15, -0.1) is 0 Å². The predicted molar refractivity (Wildman–Crippen MR) is 112 cm³/mol. The number of fused-ring (bicyclic) bond motifs is 2. The molecule has 1 saturated heterocycles. The van der Waals surface area contributed by atoms with Gasteiger partial charge in [0.25, 0.3) is 0 Å². The van der Waals surface area contributed by atoms with Crippen LogP contribution in [0, 0.1) is 6.92 Å². The first kappa shape index (κ1) is 23.2. The van der Waals surface area contributed by atoms with Gasteiger partial charge in [-0.1, -0.05) is 45.4 Å². The number of nitrogens with zero attached hydrogens (tertiary/aromatic N) is 1. The Balaban J connectivity index is 0.000000855. The smallest absolute Gasteiger partial charge is 0.410 e. The average Bonchev–Trinajstić information content (AvgIpc) is 2.89. The Kier molecular flexibility index (Phi) is 8.06. The number of carbonyl (C=O) groups excluding carboxylic acids is 2. The van der Waals surface area contributed by atoms with Gasteiger partial charge in [-0.05, 0) is 52.2 Å². The lowest BCUT2D eigenvalue weighted by atomic mass is 9.74. The Morgan fingerprint density at radius 2 is 1.63 bits per heavy atom. The van der Waals surface area contributed by atoms with Crippen LogP contribution in [-0.2, 0) is 10.2 Å². The summed E-state index contributed by atoms with van der Waals surface area (Å²) in [5, 5.41) is 0. The van der Waals surface area contributed by atoms with E-state index < -0.39 is 5.60 Å². The highest BCUT2D eigenvalue weighted by atomic mass is 16.6. The number of amides is 1. The molecule has 27 heavy (non-hydrogen) atoms. The van der Waals surface area contributed by atoms with Crippen LogP contribution < -0.4 is 0 Å². The van der Waals surface area contributed by atoms with Gasteiger partial charge in [0.15, 0.2) is 5.78 Å². The number of hydrogen-bond donors (Lipinski definition) is 0. The van der Waals surface area contributed by atoms with E-state index in [1.165, 1.54) is 5.56 Å². The average molecular weight is 376 g/mol. The van der Waals surface area contributed by atoms with E-state index in [-0.39, 0.29) is 17.3 Å². The van der Waals surface area contributed by atoms with Crippen LogP contribution >= 0.6 is 0 Å². The Labute approximate surface area is 165 Å². The molecule has 1 fully saturated rings. The van der Waals surface area contributed by atoms with Crippen molar-refractivity contribution in [2.45, 2.75) is 85.7 Å². The third-order valence-corrected chi connectivity index (χ3v) is 4.92. The van der Waals surface area contributed by atoms with Crippen molar-refractivity contribution in [1.82, 2.24) is 4.90 Å². The van der Waals surface area contributed by atoms with E-state index in [0.29, 0.717) is 19.5 Å². The van der Waals surface area contributed by atoms with Crippen LogP contribution in [0.25, 0.3) is 0 Å². The molecule has 1 amide bonds. The quantitative estimate of drug-likeness (QED) is 0.567. The lowest BCUT2D eigenvalue weighted by Gasteiger charge is -2.40. The number of benzene rings is 1. The first-order valence-electron chi connectivity index (χ1n) is 10.3. The number of rotatable bonds is 0. The summed E-state index contributed by atoms with van der Waals surface area (Å²) in [4.78, 5) is 26.4. The van der Waals surface area contributed by atoms with Crippen LogP contribution in [0.1, 0.15) is 89.2 Å². The van der Waals surface area contributed by atoms with Crippen molar-refractivity contribution >= 4 is 11.9 Å². The number of aryl methyl sites for hydroxylation is 1. The first-order valence-corrected chi connectivity index (χ1v) is 10.3. The lowest BCUT2D eigenvalue weighted by Crippen LogP contribution is -2.46. The van der Waals surface area contributed by atoms with E-state index in [0.717, 1.165) is 24.0 Å². The maximum absolute atomic E-state index is 12.4. The molecule has 1 heterocycles. The lowest BCUT2D eigenvalue weighted by molar-refractivity contribution is 0.0166. The number of Topliss-reactive ketones (excluding diaryl/α,β-unsaturated/α-hetero) is 1. The Hall–Kier alpha value is -1.84. The highest BCUT2D eigenvalue weighted by Crippen LogP contribution is 2.46. The molecule has 2 aliphatic rings. The zero-order valence-electron chi connectivity index (χ0n) is 18.4. The SMILES string of the molecule is CC.CC.Cc1ccc2c(c1)C(=O)CC21CCN(C(=O)OC(C)(C)C)CC1. The van der Waals surface area contributed by atoms with Gasteiger partial charge in [-0.25, -0.2) is 4.79 Å². The standard InChI is InChI=1S/C19H25NO3.2C2H6/c1-13-5-6-15-14(11-13)16(21)12-19(15)7-9-20(10-8-19)17(22)23-18(2,3)4;2*1-2/h5-6,11H,7-10,12H2,1-4H3;2*1-2H3. The number of piperidine rings is 1. The second-order valence-corrected chi connectivity index (χ2v) is 7.90. The minimum absolute atomic E-state index is 0.0847. The molecule has 4 nitrogen and oxygen atoms in total. The largest absolute Gasteiger partial charge is 0.444 e. The van der Waals surface area contributed by atoms with Crippen molar-refractivity contribution in [3.63, 3.8) is 0 Å². The molecule has 0 atom stereocenters. The third-order valence-electron chi connectivity index (χ3n) is 4.92. The minimum Gasteiger partial charge on any atom is -0.444 e. The summed E-state index contributed by atoms with van der Waals surface area (Å²) in [6, 6.07) is 6.20. The van der Waals surface area contributed by atoms with Crippen molar-refractivity contribution in [1.29, 1.82) is 0 Å². The molecule has 1 aromatic carbocycles. The van der Waals surface area contributed by atoms with Crippen LogP contribution in [0.2, 0.25) is 0 Å². The first-order chi connectivity index (χ1) is 12.7. The molecule has 0 bridgehead atoms. The normalized spacial score (nSPS) is 17.3. The summed E-state index contributed by atoms with van der Waals surface area (Å²) in [6.45, 7) is 17.0. The molecule has 0 unspecified atom stereocenters. The van der Waals surface area contributed by atoms with E-state index in [9.17, 15) is 9.59 Å². The summed E-state index contributed by atoms with van der Waals surface area (Å²) in [6.07, 6.45) is 1.98. The molecule has 152 valence electrons. The fourth-order valence-electron chi connectivity index (χ4n) is 3.74. The van der Waals surface area contributed by atoms with Crippen LogP contribution in [0.4, 0.5) is 4.79 Å². The fraction of sp³-hybridized carbons (Fsp3) is 0.652. The van der Waals surface area contributed by atoms with E-state index in [1.54, 1.807) is 4.90 Å². The molecule has 1 aliphatic heterocycles. The summed E-state index contributed by atoms with van der Waals surface area (Å²) in [5.41, 5.74) is 2.63. The van der Waals surface area contributed by atoms with E-state index in [1.807, 2.05) is 61.5 Å². The number of hydrogen-bond acceptors (Lipinski definition) is 3. The second-order valence-electron chi connectivity index (χ2n) is 7.90. The van der Waals surface area contributed by atoms with Gasteiger partial charge < -0.3 is 9.64 Å². The molecule has 0 radical (unpaired) electrons. The molecule has 0 saturated carbocycles. The van der Waals surface area contributed by atoms with Crippen molar-refractivity contribution in [3.05, 3.63) is 34.9 Å². The van der Waals surface area contributed by atoms with E-state index >= 15 is 0 Å². The molecule has 4 heteroatoms. The molecule has 1 aromatic rings. The summed E-state index contributed by atoms with van der Waals surface area (Å²) < 4.78 is 5.45. The molecular weight excluding hydrogens is 338 g/mol. The summed E-state index contributed by atoms with van der Waals surface area (Å²) >= 11 is 0. The van der Waals surface area contributed by atoms with Gasteiger partial charge in [-0.2, -0.15) is 0 Å². The van der Waals surface area contributed by atoms with Crippen LogP contribution in [0.15, 0.2) is 18.2 Å². The summed E-state index contributed by atoms with van der Waals surface area (Å²) in [7, 11) is 0. The van der Waals surface area contributed by atoms with Gasteiger partial charge in [0.2, 0.25) is 0 Å². The van der Waals surface area contributed by atoms with Crippen LogP contribution in [0.5, 0.6) is 0 Å². The molecule has 1 spiro atoms. The Morgan fingerprint density at radius 1 is 1.07 bits per heavy atom. The van der Waals surface area contributed by atoms with Crippen LogP contribution in [-0.4, -0.2) is 35.5 Å². The molecule has 1 aliphatic carbocycles. The Bertz CT molecular complexity index is 650. The maximum atomic E-state index is 12.4.